The third-order valence-corrected chi connectivity index (χ3v) is 3.34. The second-order valence-corrected chi connectivity index (χ2v) is 5.11. The van der Waals surface area contributed by atoms with Crippen molar-refractivity contribution < 1.29 is 10.2 Å². The van der Waals surface area contributed by atoms with Crippen LogP contribution in [-0.2, 0) is 0 Å². The monoisotopic (exact) mass is 251 g/mol. The first-order valence-corrected chi connectivity index (χ1v) is 6.69. The smallest absolute Gasteiger partial charge is 0.0626 e. The summed E-state index contributed by atoms with van der Waals surface area (Å²) in [6.45, 7) is 4.26. The maximum Gasteiger partial charge on any atom is 0.0626 e. The van der Waals surface area contributed by atoms with E-state index in [0.717, 1.165) is 24.8 Å². The number of hydrogen-bond acceptors (Lipinski definition) is 3. The lowest BCUT2D eigenvalue weighted by atomic mass is 9.93. The van der Waals surface area contributed by atoms with Crippen LogP contribution in [0.2, 0.25) is 0 Å². The van der Waals surface area contributed by atoms with E-state index in [9.17, 15) is 10.2 Å². The molecule has 18 heavy (non-hydrogen) atoms. The van der Waals surface area contributed by atoms with E-state index in [2.05, 4.69) is 12.2 Å². The van der Waals surface area contributed by atoms with Gasteiger partial charge in [0.25, 0.3) is 0 Å². The van der Waals surface area contributed by atoms with Gasteiger partial charge in [-0.1, -0.05) is 50.1 Å². The lowest BCUT2D eigenvalue weighted by molar-refractivity contribution is 0.129. The summed E-state index contributed by atoms with van der Waals surface area (Å²) < 4.78 is 0. The third kappa shape index (κ3) is 4.41. The molecule has 0 amide bonds. The van der Waals surface area contributed by atoms with Crippen molar-refractivity contribution >= 4 is 0 Å². The second-order valence-electron chi connectivity index (χ2n) is 5.11. The molecule has 0 aromatic heterocycles. The minimum absolute atomic E-state index is 0.0335. The maximum absolute atomic E-state index is 9.56. The highest BCUT2D eigenvalue weighted by Crippen LogP contribution is 2.20. The van der Waals surface area contributed by atoms with Gasteiger partial charge >= 0.3 is 0 Å². The fraction of sp³-hybridized carbons (Fsp3) is 0.600. The molecule has 3 nitrogen and oxygen atoms in total. The van der Waals surface area contributed by atoms with Crippen LogP contribution in [0.15, 0.2) is 30.3 Å². The van der Waals surface area contributed by atoms with E-state index >= 15 is 0 Å². The average molecular weight is 251 g/mol. The van der Waals surface area contributed by atoms with Gasteiger partial charge in [-0.2, -0.15) is 0 Å². The van der Waals surface area contributed by atoms with Gasteiger partial charge in [0.15, 0.2) is 0 Å². The molecular weight excluding hydrogens is 226 g/mol. The quantitative estimate of drug-likeness (QED) is 0.664. The predicted octanol–water partition coefficient (Wildman–Crippen LogP) is 2.25. The molecule has 0 aliphatic heterocycles. The average Bonchev–Trinajstić information content (AvgIpc) is 2.43. The van der Waals surface area contributed by atoms with Crippen molar-refractivity contribution in [2.75, 3.05) is 13.2 Å². The van der Waals surface area contributed by atoms with Crippen LogP contribution in [0.4, 0.5) is 0 Å². The number of aliphatic hydroxyl groups is 2. The molecule has 0 saturated carbocycles. The highest BCUT2D eigenvalue weighted by Gasteiger charge is 2.26. The lowest BCUT2D eigenvalue weighted by Gasteiger charge is -2.33. The molecule has 0 saturated heterocycles. The molecule has 1 rings (SSSR count). The first-order valence-electron chi connectivity index (χ1n) is 6.69. The normalized spacial score (nSPS) is 16.2. The molecule has 102 valence electrons. The maximum atomic E-state index is 9.56. The molecule has 1 aromatic carbocycles. The lowest BCUT2D eigenvalue weighted by Crippen LogP contribution is -2.48. The van der Waals surface area contributed by atoms with Crippen LogP contribution >= 0.6 is 0 Å². The van der Waals surface area contributed by atoms with E-state index in [1.807, 2.05) is 37.3 Å². The fourth-order valence-electron chi connectivity index (χ4n) is 2.10. The van der Waals surface area contributed by atoms with Crippen LogP contribution < -0.4 is 5.32 Å². The van der Waals surface area contributed by atoms with Gasteiger partial charge in [0.2, 0.25) is 0 Å². The summed E-state index contributed by atoms with van der Waals surface area (Å²) in [6, 6.07) is 9.74. The molecule has 3 N–H and O–H groups in total. The molecule has 0 heterocycles. The summed E-state index contributed by atoms with van der Waals surface area (Å²) >= 11 is 0. The zero-order valence-corrected chi connectivity index (χ0v) is 11.4. The Morgan fingerprint density at radius 3 is 2.39 bits per heavy atom. The molecule has 0 aliphatic rings. The summed E-state index contributed by atoms with van der Waals surface area (Å²) in [7, 11) is 0. The zero-order valence-electron chi connectivity index (χ0n) is 11.4. The van der Waals surface area contributed by atoms with Gasteiger partial charge in [-0.25, -0.2) is 0 Å². The third-order valence-electron chi connectivity index (χ3n) is 3.34. The molecule has 0 spiro atoms. The molecule has 3 heteroatoms. The molecule has 0 radical (unpaired) electrons. The molecule has 0 unspecified atom stereocenters. The SMILES string of the molecule is CCCC[C@](C)(CO)N[C@@H](CO)c1ccccc1. The summed E-state index contributed by atoms with van der Waals surface area (Å²) in [5.41, 5.74) is 0.718. The van der Waals surface area contributed by atoms with Crippen LogP contribution in [-0.4, -0.2) is 29.0 Å². The minimum Gasteiger partial charge on any atom is -0.394 e. The number of rotatable bonds is 8. The Morgan fingerprint density at radius 2 is 1.89 bits per heavy atom. The molecular formula is C15H25NO2. The number of unbranched alkanes of at least 4 members (excludes halogenated alkanes) is 1. The molecule has 0 aliphatic carbocycles. The first kappa shape index (κ1) is 15.2. The van der Waals surface area contributed by atoms with Crippen LogP contribution in [0, 0.1) is 0 Å². The zero-order chi connectivity index (χ0) is 13.4. The number of hydrogen-bond donors (Lipinski definition) is 3. The second kappa shape index (κ2) is 7.52. The van der Waals surface area contributed by atoms with Gasteiger partial charge in [-0.15, -0.1) is 0 Å². The topological polar surface area (TPSA) is 52.5 Å². The number of benzene rings is 1. The highest BCUT2D eigenvalue weighted by molar-refractivity contribution is 5.19. The van der Waals surface area contributed by atoms with Crippen LogP contribution in [0.1, 0.15) is 44.7 Å². The van der Waals surface area contributed by atoms with Crippen LogP contribution in [0.3, 0.4) is 0 Å². The largest absolute Gasteiger partial charge is 0.394 e. The fourth-order valence-corrected chi connectivity index (χ4v) is 2.10. The van der Waals surface area contributed by atoms with Gasteiger partial charge in [0.05, 0.1) is 19.3 Å². The van der Waals surface area contributed by atoms with E-state index in [1.165, 1.54) is 0 Å². The molecule has 0 fully saturated rings. The van der Waals surface area contributed by atoms with Gasteiger partial charge in [0, 0.05) is 5.54 Å². The Hall–Kier alpha value is -0.900. The Balaban J connectivity index is 2.71. The summed E-state index contributed by atoms with van der Waals surface area (Å²) in [4.78, 5) is 0. The van der Waals surface area contributed by atoms with Crippen molar-refractivity contribution in [1.82, 2.24) is 5.32 Å². The van der Waals surface area contributed by atoms with Crippen LogP contribution in [0.5, 0.6) is 0 Å². The molecule has 1 aromatic rings. The molecule has 2 atom stereocenters. The predicted molar refractivity (Wildman–Crippen MR) is 74.4 cm³/mol. The van der Waals surface area contributed by atoms with E-state index in [1.54, 1.807) is 0 Å². The first-order chi connectivity index (χ1) is 8.65. The standard InChI is InChI=1S/C15H25NO2/c1-3-4-10-15(2,12-18)16-14(11-17)13-8-6-5-7-9-13/h5-9,14,16-18H,3-4,10-12H2,1-2H3/t14-,15+/m0/s1. The van der Waals surface area contributed by atoms with E-state index in [4.69, 9.17) is 0 Å². The number of aliphatic hydroxyl groups excluding tert-OH is 2. The van der Waals surface area contributed by atoms with Gasteiger partial charge < -0.3 is 15.5 Å². The Morgan fingerprint density at radius 1 is 1.22 bits per heavy atom. The van der Waals surface area contributed by atoms with Crippen molar-refractivity contribution in [2.45, 2.75) is 44.7 Å². The van der Waals surface area contributed by atoms with Crippen molar-refractivity contribution in [2.24, 2.45) is 0 Å². The minimum atomic E-state index is -0.334. The van der Waals surface area contributed by atoms with Gasteiger partial charge in [-0.05, 0) is 18.9 Å². The van der Waals surface area contributed by atoms with E-state index in [0.29, 0.717) is 0 Å². The van der Waals surface area contributed by atoms with Gasteiger partial charge in [0.1, 0.15) is 0 Å². The van der Waals surface area contributed by atoms with Crippen molar-refractivity contribution in [3.05, 3.63) is 35.9 Å². The Kier molecular flexibility index (Phi) is 6.33. The van der Waals surface area contributed by atoms with Crippen LogP contribution in [0.25, 0.3) is 0 Å². The van der Waals surface area contributed by atoms with Gasteiger partial charge in [-0.3, -0.25) is 0 Å². The summed E-state index contributed by atoms with van der Waals surface area (Å²) in [6.07, 6.45) is 3.08. The Labute approximate surface area is 110 Å². The summed E-state index contributed by atoms with van der Waals surface area (Å²) in [5, 5.41) is 22.5. The van der Waals surface area contributed by atoms with Crippen molar-refractivity contribution in [3.8, 4) is 0 Å². The van der Waals surface area contributed by atoms with Crippen molar-refractivity contribution in [1.29, 1.82) is 0 Å². The van der Waals surface area contributed by atoms with E-state index in [-0.39, 0.29) is 24.8 Å². The highest BCUT2D eigenvalue weighted by atomic mass is 16.3. The van der Waals surface area contributed by atoms with E-state index < -0.39 is 0 Å². The molecule has 0 bridgehead atoms. The van der Waals surface area contributed by atoms with Crippen molar-refractivity contribution in [3.63, 3.8) is 0 Å². The number of nitrogens with one attached hydrogen (secondary N) is 1. The Bertz CT molecular complexity index is 329. The summed E-state index contributed by atoms with van der Waals surface area (Å²) in [5.74, 6) is 0.